The summed E-state index contributed by atoms with van der Waals surface area (Å²) in [5.41, 5.74) is 6.45. The molecule has 6 nitrogen and oxygen atoms in total. The van der Waals surface area contributed by atoms with Crippen LogP contribution in [0, 0.1) is 0 Å². The van der Waals surface area contributed by atoms with Crippen molar-refractivity contribution in [1.82, 2.24) is 24.5 Å². The maximum absolute atomic E-state index is 5.46. The first-order valence-electron chi connectivity index (χ1n) is 5.92. The van der Waals surface area contributed by atoms with Crippen molar-refractivity contribution in [3.63, 3.8) is 0 Å². The van der Waals surface area contributed by atoms with E-state index in [1.54, 1.807) is 0 Å². The lowest BCUT2D eigenvalue weighted by molar-refractivity contribution is 0.588. The molecule has 0 bridgehead atoms. The normalized spacial score (nSPS) is 10.9. The van der Waals surface area contributed by atoms with E-state index in [9.17, 15) is 0 Å². The van der Waals surface area contributed by atoms with Gasteiger partial charge in [-0.3, -0.25) is 0 Å². The monoisotopic (exact) mass is 234 g/mol. The smallest absolute Gasteiger partial charge is 0.130 e. The Morgan fingerprint density at radius 2 is 2.29 bits per heavy atom. The summed E-state index contributed by atoms with van der Waals surface area (Å²) in [6.07, 6.45) is 7.58. The molecule has 0 fully saturated rings. The van der Waals surface area contributed by atoms with Crippen molar-refractivity contribution in [1.29, 1.82) is 0 Å². The molecule has 2 N–H and O–H groups in total. The fourth-order valence-corrected chi connectivity index (χ4v) is 1.74. The third kappa shape index (κ3) is 2.91. The lowest BCUT2D eigenvalue weighted by Crippen LogP contribution is -2.08. The standard InChI is InChI=1S/C11H18N6/c1-2-16-7-6-13-11(16)9-17-8-10(14-15-17)4-3-5-12/h6-8H,2-5,9,12H2,1H3. The van der Waals surface area contributed by atoms with Crippen LogP contribution < -0.4 is 5.73 Å². The lowest BCUT2D eigenvalue weighted by atomic mass is 10.2. The molecular formula is C11H18N6. The molecule has 0 aliphatic rings. The van der Waals surface area contributed by atoms with Gasteiger partial charge in [-0.1, -0.05) is 5.21 Å². The molecule has 17 heavy (non-hydrogen) atoms. The van der Waals surface area contributed by atoms with Crippen molar-refractivity contribution < 1.29 is 0 Å². The average molecular weight is 234 g/mol. The number of nitrogens with two attached hydrogens (primary N) is 1. The van der Waals surface area contributed by atoms with Crippen LogP contribution in [0.5, 0.6) is 0 Å². The van der Waals surface area contributed by atoms with Gasteiger partial charge in [-0.05, 0) is 26.3 Å². The van der Waals surface area contributed by atoms with Crippen LogP contribution in [0.2, 0.25) is 0 Å². The summed E-state index contributed by atoms with van der Waals surface area (Å²) < 4.78 is 3.92. The van der Waals surface area contributed by atoms with Gasteiger partial charge in [0.2, 0.25) is 0 Å². The Balaban J connectivity index is 2.01. The van der Waals surface area contributed by atoms with Gasteiger partial charge in [0.15, 0.2) is 0 Å². The maximum Gasteiger partial charge on any atom is 0.130 e. The number of hydrogen-bond acceptors (Lipinski definition) is 4. The molecular weight excluding hydrogens is 216 g/mol. The lowest BCUT2D eigenvalue weighted by Gasteiger charge is -2.03. The molecule has 0 radical (unpaired) electrons. The van der Waals surface area contributed by atoms with Gasteiger partial charge in [-0.25, -0.2) is 9.67 Å². The highest BCUT2D eigenvalue weighted by atomic mass is 15.4. The summed E-state index contributed by atoms with van der Waals surface area (Å²) in [6.45, 7) is 4.37. The minimum atomic E-state index is 0.663. The Hall–Kier alpha value is -1.69. The first kappa shape index (κ1) is 11.8. The second-order valence-corrected chi connectivity index (χ2v) is 3.93. The fraction of sp³-hybridized carbons (Fsp3) is 0.545. The van der Waals surface area contributed by atoms with Gasteiger partial charge in [0.1, 0.15) is 12.4 Å². The van der Waals surface area contributed by atoms with Gasteiger partial charge < -0.3 is 10.3 Å². The molecule has 0 unspecified atom stereocenters. The van der Waals surface area contributed by atoms with Crippen LogP contribution in [0.3, 0.4) is 0 Å². The summed E-state index contributed by atoms with van der Waals surface area (Å²) in [5, 5.41) is 8.20. The molecule has 0 aliphatic heterocycles. The molecule has 0 aliphatic carbocycles. The second kappa shape index (κ2) is 5.58. The first-order chi connectivity index (χ1) is 8.33. The largest absolute Gasteiger partial charge is 0.334 e. The molecule has 2 rings (SSSR count). The van der Waals surface area contributed by atoms with E-state index in [-0.39, 0.29) is 0 Å². The van der Waals surface area contributed by atoms with Crippen LogP contribution >= 0.6 is 0 Å². The molecule has 0 saturated heterocycles. The van der Waals surface area contributed by atoms with Crippen LogP contribution in [-0.4, -0.2) is 31.1 Å². The summed E-state index contributed by atoms with van der Waals surface area (Å²) in [5.74, 6) is 1.00. The molecule has 0 atom stereocenters. The highest BCUT2D eigenvalue weighted by molar-refractivity contribution is 4.97. The molecule has 0 spiro atoms. The van der Waals surface area contributed by atoms with Gasteiger partial charge in [-0.2, -0.15) is 0 Å². The van der Waals surface area contributed by atoms with Crippen LogP contribution in [0.25, 0.3) is 0 Å². The van der Waals surface area contributed by atoms with E-state index in [4.69, 9.17) is 5.73 Å². The fourth-order valence-electron chi connectivity index (χ4n) is 1.74. The number of imidazole rings is 1. The highest BCUT2D eigenvalue weighted by Crippen LogP contribution is 2.02. The number of aryl methyl sites for hydroxylation is 2. The summed E-state index contributed by atoms with van der Waals surface area (Å²) >= 11 is 0. The Bertz CT molecular complexity index is 458. The number of rotatable bonds is 6. The number of nitrogens with zero attached hydrogens (tertiary/aromatic N) is 5. The summed E-state index contributed by atoms with van der Waals surface area (Å²) in [6, 6.07) is 0. The molecule has 2 heterocycles. The van der Waals surface area contributed by atoms with Gasteiger partial charge in [0.25, 0.3) is 0 Å². The topological polar surface area (TPSA) is 74.5 Å². The predicted octanol–water partition coefficient (Wildman–Crippen LogP) is 0.434. The summed E-state index contributed by atoms with van der Waals surface area (Å²) in [4.78, 5) is 4.31. The van der Waals surface area contributed by atoms with Crippen LogP contribution in [-0.2, 0) is 19.5 Å². The van der Waals surface area contributed by atoms with Gasteiger partial charge >= 0.3 is 0 Å². The van der Waals surface area contributed by atoms with E-state index in [0.717, 1.165) is 30.9 Å². The number of hydrogen-bond donors (Lipinski definition) is 1. The third-order valence-electron chi connectivity index (χ3n) is 2.67. The van der Waals surface area contributed by atoms with Crippen LogP contribution in [0.15, 0.2) is 18.6 Å². The van der Waals surface area contributed by atoms with Gasteiger partial charge in [0, 0.05) is 25.1 Å². The molecule has 0 saturated carbocycles. The van der Waals surface area contributed by atoms with E-state index in [1.165, 1.54) is 0 Å². The Morgan fingerprint density at radius 1 is 1.41 bits per heavy atom. The Kier molecular flexibility index (Phi) is 3.87. The second-order valence-electron chi connectivity index (χ2n) is 3.93. The van der Waals surface area contributed by atoms with Crippen LogP contribution in [0.4, 0.5) is 0 Å². The molecule has 92 valence electrons. The van der Waals surface area contributed by atoms with Crippen molar-refractivity contribution in [2.75, 3.05) is 6.54 Å². The minimum Gasteiger partial charge on any atom is -0.334 e. The molecule has 0 aromatic carbocycles. The molecule has 2 aromatic heterocycles. The SMILES string of the molecule is CCn1ccnc1Cn1cc(CCCN)nn1. The molecule has 6 heteroatoms. The van der Waals surface area contributed by atoms with Crippen LogP contribution in [0.1, 0.15) is 24.9 Å². The maximum atomic E-state index is 5.46. The Labute approximate surface area is 100 Å². The van der Waals surface area contributed by atoms with E-state index < -0.39 is 0 Å². The van der Waals surface area contributed by atoms with Crippen molar-refractivity contribution in [2.24, 2.45) is 5.73 Å². The molecule has 2 aromatic rings. The van der Waals surface area contributed by atoms with E-state index in [2.05, 4.69) is 26.8 Å². The van der Waals surface area contributed by atoms with Gasteiger partial charge in [-0.15, -0.1) is 5.10 Å². The number of aromatic nitrogens is 5. The minimum absolute atomic E-state index is 0.663. The van der Waals surface area contributed by atoms with E-state index >= 15 is 0 Å². The van der Waals surface area contributed by atoms with Crippen molar-refractivity contribution in [2.45, 2.75) is 32.9 Å². The van der Waals surface area contributed by atoms with E-state index in [0.29, 0.717) is 13.1 Å². The van der Waals surface area contributed by atoms with Crippen molar-refractivity contribution in [3.8, 4) is 0 Å². The van der Waals surface area contributed by atoms with Gasteiger partial charge in [0.05, 0.1) is 5.69 Å². The third-order valence-corrected chi connectivity index (χ3v) is 2.67. The predicted molar refractivity (Wildman–Crippen MR) is 64.4 cm³/mol. The zero-order valence-corrected chi connectivity index (χ0v) is 10.1. The zero-order valence-electron chi connectivity index (χ0n) is 10.1. The van der Waals surface area contributed by atoms with Crippen molar-refractivity contribution in [3.05, 3.63) is 30.1 Å². The average Bonchev–Trinajstić information content (AvgIpc) is 2.96. The zero-order chi connectivity index (χ0) is 12.1. The summed E-state index contributed by atoms with van der Waals surface area (Å²) in [7, 11) is 0. The van der Waals surface area contributed by atoms with E-state index in [1.807, 2.05) is 23.3 Å². The first-order valence-corrected chi connectivity index (χ1v) is 5.92. The Morgan fingerprint density at radius 3 is 3.06 bits per heavy atom. The highest BCUT2D eigenvalue weighted by Gasteiger charge is 2.05. The molecule has 0 amide bonds. The van der Waals surface area contributed by atoms with Crippen molar-refractivity contribution >= 4 is 0 Å². The quantitative estimate of drug-likeness (QED) is 0.786.